The van der Waals surface area contributed by atoms with Gasteiger partial charge in [-0.25, -0.2) is 9.18 Å². The number of halogens is 1. The fourth-order valence-corrected chi connectivity index (χ4v) is 4.97. The fourth-order valence-electron chi connectivity index (χ4n) is 4.97. The molecule has 5 nitrogen and oxygen atoms in total. The summed E-state index contributed by atoms with van der Waals surface area (Å²) < 4.78 is 13.4. The van der Waals surface area contributed by atoms with E-state index in [0.29, 0.717) is 17.7 Å². The van der Waals surface area contributed by atoms with Crippen molar-refractivity contribution in [2.24, 2.45) is 0 Å². The quantitative estimate of drug-likeness (QED) is 0.238. The van der Waals surface area contributed by atoms with Gasteiger partial charge in [0.15, 0.2) is 5.78 Å². The SMILES string of the molecule is CC1(C)CCC(C)(C)c2c(NCc3ccc(F)cc3)cc(C(=O)/C=C/c3ccc(C(=O)O)c(O)c3)cc21. The summed E-state index contributed by atoms with van der Waals surface area (Å²) in [4.78, 5) is 24.4. The summed E-state index contributed by atoms with van der Waals surface area (Å²) in [6.45, 7) is 9.33. The van der Waals surface area contributed by atoms with Crippen LogP contribution >= 0.6 is 0 Å². The summed E-state index contributed by atoms with van der Waals surface area (Å²) in [7, 11) is 0. The topological polar surface area (TPSA) is 86.6 Å². The molecular weight excluding hydrogens is 469 g/mol. The van der Waals surface area contributed by atoms with Gasteiger partial charge in [-0.05, 0) is 88.4 Å². The van der Waals surface area contributed by atoms with Crippen LogP contribution in [-0.4, -0.2) is 22.0 Å². The Morgan fingerprint density at radius 1 is 0.973 bits per heavy atom. The number of fused-ring (bicyclic) bond motifs is 1. The van der Waals surface area contributed by atoms with Crippen LogP contribution < -0.4 is 5.32 Å². The number of carboxylic acids is 1. The molecule has 3 aromatic rings. The maximum Gasteiger partial charge on any atom is 0.339 e. The van der Waals surface area contributed by atoms with Crippen LogP contribution in [-0.2, 0) is 17.4 Å². The summed E-state index contributed by atoms with van der Waals surface area (Å²) in [5.74, 6) is -2.06. The van der Waals surface area contributed by atoms with Crippen LogP contribution in [0.15, 0.2) is 60.7 Å². The third kappa shape index (κ3) is 5.58. The lowest BCUT2D eigenvalue weighted by Gasteiger charge is -2.43. The molecule has 3 N–H and O–H groups in total. The van der Waals surface area contributed by atoms with Gasteiger partial charge in [-0.15, -0.1) is 0 Å². The fraction of sp³-hybridized carbons (Fsp3) is 0.290. The van der Waals surface area contributed by atoms with Crippen molar-refractivity contribution in [2.45, 2.75) is 57.9 Å². The van der Waals surface area contributed by atoms with Gasteiger partial charge in [0.2, 0.25) is 0 Å². The van der Waals surface area contributed by atoms with Crippen molar-refractivity contribution in [3.63, 3.8) is 0 Å². The summed E-state index contributed by atoms with van der Waals surface area (Å²) in [6.07, 6.45) is 5.00. The van der Waals surface area contributed by atoms with Crippen LogP contribution in [0.1, 0.15) is 83.5 Å². The highest BCUT2D eigenvalue weighted by Gasteiger charge is 2.39. The molecule has 0 radical (unpaired) electrons. The number of carbonyl (C=O) groups is 2. The minimum Gasteiger partial charge on any atom is -0.507 e. The predicted octanol–water partition coefficient (Wildman–Crippen LogP) is 7.09. The van der Waals surface area contributed by atoms with E-state index in [2.05, 4.69) is 33.0 Å². The molecule has 0 saturated heterocycles. The maximum atomic E-state index is 13.4. The number of phenols is 1. The molecular formula is C31H32FNO4. The van der Waals surface area contributed by atoms with Crippen molar-refractivity contribution >= 4 is 23.5 Å². The average Bonchev–Trinajstić information content (AvgIpc) is 2.84. The number of ketones is 1. The largest absolute Gasteiger partial charge is 0.507 e. The molecule has 1 aliphatic rings. The molecule has 37 heavy (non-hydrogen) atoms. The molecule has 0 spiro atoms. The summed E-state index contributed by atoms with van der Waals surface area (Å²) in [5.41, 5.74) is 4.81. The highest BCUT2D eigenvalue weighted by Crippen LogP contribution is 2.49. The number of anilines is 1. The van der Waals surface area contributed by atoms with Crippen LogP contribution in [0.25, 0.3) is 6.08 Å². The van der Waals surface area contributed by atoms with Gasteiger partial charge in [0.1, 0.15) is 17.1 Å². The number of hydrogen-bond donors (Lipinski definition) is 3. The van der Waals surface area contributed by atoms with Crippen LogP contribution in [0.3, 0.4) is 0 Å². The van der Waals surface area contributed by atoms with Gasteiger partial charge in [0.05, 0.1) is 0 Å². The standard InChI is InChI=1S/C31H32FNO4/c1-30(2)13-14-31(3,4)28-24(30)16-21(17-25(28)33-18-20-5-9-22(32)10-6-20)26(34)12-8-19-7-11-23(29(36)37)27(35)15-19/h5-12,15-17,33,35H,13-14,18H2,1-4H3,(H,36,37)/b12-8+. The van der Waals surface area contributed by atoms with Crippen LogP contribution in [0, 0.1) is 5.82 Å². The molecule has 0 bridgehead atoms. The van der Waals surface area contributed by atoms with E-state index in [-0.39, 0.29) is 33.7 Å². The van der Waals surface area contributed by atoms with Gasteiger partial charge in [-0.2, -0.15) is 0 Å². The highest BCUT2D eigenvalue weighted by molar-refractivity contribution is 6.07. The second-order valence-electron chi connectivity index (χ2n) is 11.0. The third-order valence-corrected chi connectivity index (χ3v) is 7.28. The molecule has 0 aliphatic heterocycles. The number of carboxylic acid groups (broad SMARTS) is 1. The molecule has 192 valence electrons. The zero-order valence-corrected chi connectivity index (χ0v) is 21.6. The van der Waals surface area contributed by atoms with E-state index in [1.165, 1.54) is 35.9 Å². The number of nitrogens with one attached hydrogen (secondary N) is 1. The summed E-state index contributed by atoms with van der Waals surface area (Å²) in [6, 6.07) is 14.4. The number of aromatic carboxylic acids is 1. The van der Waals surface area contributed by atoms with E-state index < -0.39 is 5.97 Å². The van der Waals surface area contributed by atoms with Crippen molar-refractivity contribution in [1.82, 2.24) is 0 Å². The molecule has 0 aromatic heterocycles. The highest BCUT2D eigenvalue weighted by atomic mass is 19.1. The second-order valence-corrected chi connectivity index (χ2v) is 11.0. The zero-order chi connectivity index (χ0) is 27.0. The van der Waals surface area contributed by atoms with Crippen molar-refractivity contribution < 1.29 is 24.2 Å². The van der Waals surface area contributed by atoms with Crippen molar-refractivity contribution in [1.29, 1.82) is 0 Å². The number of hydrogen-bond acceptors (Lipinski definition) is 4. The minimum atomic E-state index is -1.22. The first-order chi connectivity index (χ1) is 17.4. The van der Waals surface area contributed by atoms with Gasteiger partial charge in [0, 0.05) is 17.8 Å². The van der Waals surface area contributed by atoms with E-state index in [1.807, 2.05) is 12.1 Å². The Bertz CT molecular complexity index is 1390. The Kier molecular flexibility index (Phi) is 6.96. The second kappa shape index (κ2) is 9.85. The average molecular weight is 502 g/mol. The monoisotopic (exact) mass is 501 g/mol. The minimum absolute atomic E-state index is 0.0865. The Morgan fingerprint density at radius 3 is 2.30 bits per heavy atom. The number of rotatable bonds is 7. The van der Waals surface area contributed by atoms with Gasteiger partial charge in [-0.1, -0.05) is 52.0 Å². The molecule has 0 saturated carbocycles. The Morgan fingerprint density at radius 2 is 1.65 bits per heavy atom. The first-order valence-electron chi connectivity index (χ1n) is 12.3. The summed E-state index contributed by atoms with van der Waals surface area (Å²) in [5, 5.41) is 22.6. The molecule has 6 heteroatoms. The number of aromatic hydroxyl groups is 1. The van der Waals surface area contributed by atoms with Crippen molar-refractivity contribution in [3.05, 3.63) is 99.9 Å². The number of carbonyl (C=O) groups excluding carboxylic acids is 1. The molecule has 0 unspecified atom stereocenters. The van der Waals surface area contributed by atoms with Gasteiger partial charge < -0.3 is 15.5 Å². The van der Waals surface area contributed by atoms with Gasteiger partial charge in [0.25, 0.3) is 0 Å². The lowest BCUT2D eigenvalue weighted by Crippen LogP contribution is -2.35. The molecule has 3 aromatic carbocycles. The first-order valence-corrected chi connectivity index (χ1v) is 12.3. The Balaban J connectivity index is 1.71. The molecule has 1 aliphatic carbocycles. The van der Waals surface area contributed by atoms with E-state index in [4.69, 9.17) is 5.11 Å². The number of benzene rings is 3. The first kappa shape index (κ1) is 26.1. The Hall–Kier alpha value is -3.93. The molecule has 0 atom stereocenters. The molecule has 0 heterocycles. The van der Waals surface area contributed by atoms with Crippen LogP contribution in [0.5, 0.6) is 5.75 Å². The van der Waals surface area contributed by atoms with Crippen molar-refractivity contribution in [2.75, 3.05) is 5.32 Å². The normalized spacial score (nSPS) is 15.8. The Labute approximate surface area is 216 Å². The third-order valence-electron chi connectivity index (χ3n) is 7.28. The van der Waals surface area contributed by atoms with E-state index in [9.17, 15) is 19.1 Å². The van der Waals surface area contributed by atoms with E-state index >= 15 is 0 Å². The molecule has 0 amide bonds. The van der Waals surface area contributed by atoms with Crippen LogP contribution in [0.2, 0.25) is 0 Å². The zero-order valence-electron chi connectivity index (χ0n) is 21.6. The van der Waals surface area contributed by atoms with Gasteiger partial charge in [-0.3, -0.25) is 4.79 Å². The van der Waals surface area contributed by atoms with E-state index in [1.54, 1.807) is 24.3 Å². The number of allylic oxidation sites excluding steroid dienone is 1. The lowest BCUT2D eigenvalue weighted by molar-refractivity contribution is 0.0693. The molecule has 0 fully saturated rings. The van der Waals surface area contributed by atoms with E-state index in [0.717, 1.165) is 29.7 Å². The molecule has 4 rings (SSSR count). The lowest BCUT2D eigenvalue weighted by atomic mass is 9.62. The maximum absolute atomic E-state index is 13.4. The predicted molar refractivity (Wildman–Crippen MR) is 144 cm³/mol. The van der Waals surface area contributed by atoms with Crippen molar-refractivity contribution in [3.8, 4) is 5.75 Å². The smallest absolute Gasteiger partial charge is 0.339 e. The van der Waals surface area contributed by atoms with Gasteiger partial charge >= 0.3 is 5.97 Å². The summed E-state index contributed by atoms with van der Waals surface area (Å²) >= 11 is 0. The van der Waals surface area contributed by atoms with Crippen LogP contribution in [0.4, 0.5) is 10.1 Å².